The van der Waals surface area contributed by atoms with E-state index >= 15 is 0 Å². The fourth-order valence-electron chi connectivity index (χ4n) is 1.00. The van der Waals surface area contributed by atoms with E-state index in [0.717, 1.165) is 4.47 Å². The zero-order chi connectivity index (χ0) is 10.6. The number of carbonyl (C=O) groups excluding carboxylic acids is 1. The first-order valence-corrected chi connectivity index (χ1v) is 4.71. The average Bonchev–Trinajstić information content (AvgIpc) is 2.20. The molecule has 4 heteroatoms. The van der Waals surface area contributed by atoms with Gasteiger partial charge < -0.3 is 10.2 Å². The van der Waals surface area contributed by atoms with Crippen LogP contribution in [0, 0.1) is 0 Å². The van der Waals surface area contributed by atoms with Crippen LogP contribution in [0.3, 0.4) is 0 Å². The van der Waals surface area contributed by atoms with Crippen LogP contribution in [0.25, 0.3) is 0 Å². The van der Waals surface area contributed by atoms with Crippen molar-refractivity contribution < 1.29 is 15.0 Å². The predicted molar refractivity (Wildman–Crippen MR) is 55.9 cm³/mol. The van der Waals surface area contributed by atoms with Crippen molar-refractivity contribution >= 4 is 22.2 Å². The molecule has 0 radical (unpaired) electrons. The topological polar surface area (TPSA) is 57.5 Å². The van der Waals surface area contributed by atoms with Crippen molar-refractivity contribution in [1.29, 1.82) is 0 Å². The minimum atomic E-state index is -1.08. The summed E-state index contributed by atoms with van der Waals surface area (Å²) in [5.41, 5.74) is 0.493. The Bertz CT molecular complexity index is 343. The van der Waals surface area contributed by atoms with E-state index in [2.05, 4.69) is 15.9 Å². The van der Waals surface area contributed by atoms with Gasteiger partial charge in [0.05, 0.1) is 11.8 Å². The maximum absolute atomic E-state index is 10.4. The summed E-state index contributed by atoms with van der Waals surface area (Å²) in [4.78, 5) is 10.4. The molecular weight excluding hydrogens is 248 g/mol. The smallest absolute Gasteiger partial charge is 0.152 e. The number of aliphatic hydroxyl groups excluding tert-OH is 2. The Labute approximate surface area is 89.8 Å². The molecule has 1 rings (SSSR count). The summed E-state index contributed by atoms with van der Waals surface area (Å²) in [7, 11) is 0. The summed E-state index contributed by atoms with van der Waals surface area (Å²) >= 11 is 3.25. The Morgan fingerprint density at radius 3 is 2.36 bits per heavy atom. The number of rotatable bonds is 3. The molecule has 0 aliphatic rings. The highest BCUT2D eigenvalue weighted by Gasteiger charge is 2.12. The summed E-state index contributed by atoms with van der Waals surface area (Å²) < 4.78 is 0.883. The van der Waals surface area contributed by atoms with E-state index in [9.17, 15) is 9.90 Å². The maximum Gasteiger partial charge on any atom is 0.152 e. The Morgan fingerprint density at radius 2 is 1.93 bits per heavy atom. The average molecular weight is 257 g/mol. The molecule has 0 fully saturated rings. The van der Waals surface area contributed by atoms with Crippen LogP contribution in [0.2, 0.25) is 0 Å². The molecule has 0 heterocycles. The molecule has 0 spiro atoms. The van der Waals surface area contributed by atoms with Crippen molar-refractivity contribution in [2.75, 3.05) is 0 Å². The van der Waals surface area contributed by atoms with Gasteiger partial charge in [0.15, 0.2) is 6.29 Å². The first-order valence-electron chi connectivity index (χ1n) is 3.92. The summed E-state index contributed by atoms with van der Waals surface area (Å²) in [5.74, 6) is 0. The number of hydrogen-bond acceptors (Lipinski definition) is 3. The Kier molecular flexibility index (Phi) is 3.85. The van der Waals surface area contributed by atoms with Crippen LogP contribution in [0.4, 0.5) is 0 Å². The summed E-state index contributed by atoms with van der Waals surface area (Å²) in [6.07, 6.45) is -0.0440. The van der Waals surface area contributed by atoms with E-state index in [-0.39, 0.29) is 5.57 Å². The van der Waals surface area contributed by atoms with Crippen molar-refractivity contribution in [3.8, 4) is 0 Å². The second kappa shape index (κ2) is 4.93. The molecule has 1 atom stereocenters. The molecule has 0 amide bonds. The van der Waals surface area contributed by atoms with E-state index in [1.165, 1.54) is 0 Å². The van der Waals surface area contributed by atoms with Gasteiger partial charge in [-0.25, -0.2) is 0 Å². The first-order chi connectivity index (χ1) is 6.69. The lowest BCUT2D eigenvalue weighted by molar-refractivity contribution is -0.105. The zero-order valence-electron chi connectivity index (χ0n) is 7.22. The summed E-state index contributed by atoms with van der Waals surface area (Å²) in [5, 5.41) is 18.2. The lowest BCUT2D eigenvalue weighted by Crippen LogP contribution is -2.02. The summed E-state index contributed by atoms with van der Waals surface area (Å²) in [6, 6.07) is 6.83. The van der Waals surface area contributed by atoms with Crippen LogP contribution in [-0.4, -0.2) is 16.5 Å². The third kappa shape index (κ3) is 2.43. The second-order valence-electron chi connectivity index (χ2n) is 2.70. The summed E-state index contributed by atoms with van der Waals surface area (Å²) in [6.45, 7) is 0. The molecule has 0 saturated carbocycles. The molecule has 0 saturated heterocycles. The third-order valence-electron chi connectivity index (χ3n) is 1.79. The second-order valence-corrected chi connectivity index (χ2v) is 3.62. The minimum absolute atomic E-state index is 0.0627. The highest BCUT2D eigenvalue weighted by Crippen LogP contribution is 2.21. The maximum atomic E-state index is 10.4. The fourth-order valence-corrected chi connectivity index (χ4v) is 1.27. The van der Waals surface area contributed by atoms with Crippen LogP contribution >= 0.6 is 15.9 Å². The number of aldehydes is 1. The van der Waals surface area contributed by atoms with E-state index in [4.69, 9.17) is 5.11 Å². The highest BCUT2D eigenvalue weighted by molar-refractivity contribution is 9.10. The predicted octanol–water partition coefficient (Wildman–Crippen LogP) is 2.12. The number of hydrogen-bond donors (Lipinski definition) is 2. The van der Waals surface area contributed by atoms with Gasteiger partial charge in [-0.2, -0.15) is 0 Å². The van der Waals surface area contributed by atoms with Gasteiger partial charge in [0.2, 0.25) is 0 Å². The normalized spacial score (nSPS) is 13.7. The van der Waals surface area contributed by atoms with Crippen molar-refractivity contribution in [2.24, 2.45) is 0 Å². The number of halogens is 1. The SMILES string of the molecule is O=C/C(=C\O)C(O)c1ccc(Br)cc1. The molecule has 1 unspecified atom stereocenters. The van der Waals surface area contributed by atoms with Gasteiger partial charge in [-0.15, -0.1) is 0 Å². The minimum Gasteiger partial charge on any atom is -0.515 e. The molecule has 1 aromatic carbocycles. The van der Waals surface area contributed by atoms with Crippen molar-refractivity contribution in [1.82, 2.24) is 0 Å². The van der Waals surface area contributed by atoms with Gasteiger partial charge in [0.1, 0.15) is 6.10 Å². The van der Waals surface area contributed by atoms with Crippen molar-refractivity contribution in [3.63, 3.8) is 0 Å². The largest absolute Gasteiger partial charge is 0.515 e. The first kappa shape index (κ1) is 10.9. The standard InChI is InChI=1S/C10H9BrO3/c11-9-3-1-7(2-4-9)10(14)8(5-12)6-13/h1-6,10,12,14H/b8-5+. The van der Waals surface area contributed by atoms with Gasteiger partial charge in [0, 0.05) is 4.47 Å². The van der Waals surface area contributed by atoms with Crippen molar-refractivity contribution in [3.05, 3.63) is 46.1 Å². The van der Waals surface area contributed by atoms with E-state index in [1.54, 1.807) is 24.3 Å². The van der Waals surface area contributed by atoms with Gasteiger partial charge in [-0.1, -0.05) is 28.1 Å². The highest BCUT2D eigenvalue weighted by atomic mass is 79.9. The monoisotopic (exact) mass is 256 g/mol. The van der Waals surface area contributed by atoms with Gasteiger partial charge in [-0.3, -0.25) is 4.79 Å². The molecule has 3 nitrogen and oxygen atoms in total. The molecule has 2 N–H and O–H groups in total. The Morgan fingerprint density at radius 1 is 1.36 bits per heavy atom. The molecule has 0 aliphatic heterocycles. The molecule has 0 aromatic heterocycles. The van der Waals surface area contributed by atoms with E-state index in [1.807, 2.05) is 0 Å². The van der Waals surface area contributed by atoms with Crippen LogP contribution in [0.5, 0.6) is 0 Å². The fraction of sp³-hybridized carbons (Fsp3) is 0.100. The molecule has 0 bridgehead atoms. The molecule has 1 aromatic rings. The van der Waals surface area contributed by atoms with E-state index < -0.39 is 6.10 Å². The lowest BCUT2D eigenvalue weighted by Gasteiger charge is -2.09. The van der Waals surface area contributed by atoms with Crippen LogP contribution in [0.1, 0.15) is 11.7 Å². The Hall–Kier alpha value is -1.13. The van der Waals surface area contributed by atoms with E-state index in [0.29, 0.717) is 18.1 Å². The van der Waals surface area contributed by atoms with Crippen molar-refractivity contribution in [2.45, 2.75) is 6.10 Å². The number of aliphatic hydroxyl groups is 2. The lowest BCUT2D eigenvalue weighted by atomic mass is 10.0. The van der Waals surface area contributed by atoms with Gasteiger partial charge in [0.25, 0.3) is 0 Å². The quantitative estimate of drug-likeness (QED) is 0.495. The third-order valence-corrected chi connectivity index (χ3v) is 2.32. The van der Waals surface area contributed by atoms with Gasteiger partial charge in [-0.05, 0) is 17.7 Å². The number of carbonyl (C=O) groups is 1. The van der Waals surface area contributed by atoms with Gasteiger partial charge >= 0.3 is 0 Å². The molecular formula is C10H9BrO3. The zero-order valence-corrected chi connectivity index (χ0v) is 8.81. The van der Waals surface area contributed by atoms with Crippen LogP contribution in [-0.2, 0) is 4.79 Å². The van der Waals surface area contributed by atoms with Crippen LogP contribution < -0.4 is 0 Å². The number of benzene rings is 1. The molecule has 14 heavy (non-hydrogen) atoms. The molecule has 0 aliphatic carbocycles. The Balaban J connectivity index is 2.94. The molecule has 74 valence electrons. The van der Waals surface area contributed by atoms with Crippen LogP contribution in [0.15, 0.2) is 40.6 Å².